The first-order chi connectivity index (χ1) is 9.93. The lowest BCUT2D eigenvalue weighted by Gasteiger charge is -2.21. The number of nitriles is 1. The summed E-state index contributed by atoms with van der Waals surface area (Å²) in [4.78, 5) is 25.0. The van der Waals surface area contributed by atoms with Crippen LogP contribution in [-0.2, 0) is 9.59 Å². The standard InChI is InChI=1S/C16H21N3O2/c1-12(2)11-18-16(21)7-8-19(13(3)20)15-6-4-5-14(9-15)10-17/h4-6,9,12H,7-8,11H2,1-3H3,(H,18,21). The van der Waals surface area contributed by atoms with Crippen molar-refractivity contribution in [3.8, 4) is 6.07 Å². The minimum absolute atomic E-state index is 0.0774. The highest BCUT2D eigenvalue weighted by Gasteiger charge is 2.14. The smallest absolute Gasteiger partial charge is 0.223 e. The predicted molar refractivity (Wildman–Crippen MR) is 81.6 cm³/mol. The lowest BCUT2D eigenvalue weighted by molar-refractivity contribution is -0.121. The van der Waals surface area contributed by atoms with E-state index in [4.69, 9.17) is 5.26 Å². The Morgan fingerprint density at radius 1 is 1.38 bits per heavy atom. The second kappa shape index (κ2) is 8.05. The van der Waals surface area contributed by atoms with Crippen LogP contribution in [0.2, 0.25) is 0 Å². The van der Waals surface area contributed by atoms with Crippen molar-refractivity contribution in [2.24, 2.45) is 5.92 Å². The van der Waals surface area contributed by atoms with E-state index < -0.39 is 0 Å². The average Bonchev–Trinajstić information content (AvgIpc) is 2.45. The topological polar surface area (TPSA) is 73.2 Å². The molecule has 21 heavy (non-hydrogen) atoms. The Bertz CT molecular complexity index is 547. The number of benzene rings is 1. The molecule has 0 heterocycles. The van der Waals surface area contributed by atoms with Crippen molar-refractivity contribution in [1.82, 2.24) is 5.32 Å². The maximum atomic E-state index is 11.7. The molecule has 1 aromatic rings. The first-order valence-electron chi connectivity index (χ1n) is 6.99. The molecule has 0 aliphatic rings. The lowest BCUT2D eigenvalue weighted by atomic mass is 10.2. The number of carbonyl (C=O) groups is 2. The van der Waals surface area contributed by atoms with E-state index in [1.54, 1.807) is 24.3 Å². The van der Waals surface area contributed by atoms with Gasteiger partial charge in [0.2, 0.25) is 11.8 Å². The molecule has 5 heteroatoms. The van der Waals surface area contributed by atoms with Gasteiger partial charge in [-0.25, -0.2) is 0 Å². The predicted octanol–water partition coefficient (Wildman–Crippen LogP) is 2.07. The van der Waals surface area contributed by atoms with Crippen LogP contribution in [-0.4, -0.2) is 24.9 Å². The molecule has 0 aliphatic heterocycles. The minimum Gasteiger partial charge on any atom is -0.356 e. The number of hydrogen-bond donors (Lipinski definition) is 1. The number of nitrogens with one attached hydrogen (secondary N) is 1. The molecule has 1 rings (SSSR count). The number of amides is 2. The summed E-state index contributed by atoms with van der Waals surface area (Å²) in [5.41, 5.74) is 1.13. The van der Waals surface area contributed by atoms with Gasteiger partial charge in [-0.1, -0.05) is 19.9 Å². The highest BCUT2D eigenvalue weighted by molar-refractivity contribution is 5.92. The van der Waals surface area contributed by atoms with Crippen molar-refractivity contribution in [2.45, 2.75) is 27.2 Å². The van der Waals surface area contributed by atoms with Crippen LogP contribution in [0.3, 0.4) is 0 Å². The third-order valence-electron chi connectivity index (χ3n) is 2.94. The van der Waals surface area contributed by atoms with Crippen LogP contribution in [0.4, 0.5) is 5.69 Å². The second-order valence-corrected chi connectivity index (χ2v) is 5.28. The molecule has 0 spiro atoms. The average molecular weight is 287 g/mol. The third kappa shape index (κ3) is 5.65. The van der Waals surface area contributed by atoms with Crippen molar-refractivity contribution in [3.05, 3.63) is 29.8 Å². The van der Waals surface area contributed by atoms with Crippen molar-refractivity contribution < 1.29 is 9.59 Å². The molecule has 1 aromatic carbocycles. The van der Waals surface area contributed by atoms with Crippen LogP contribution in [0.1, 0.15) is 32.8 Å². The van der Waals surface area contributed by atoms with Gasteiger partial charge in [-0.15, -0.1) is 0 Å². The number of rotatable bonds is 6. The second-order valence-electron chi connectivity index (χ2n) is 5.28. The van der Waals surface area contributed by atoms with E-state index in [9.17, 15) is 9.59 Å². The van der Waals surface area contributed by atoms with Crippen molar-refractivity contribution >= 4 is 17.5 Å². The number of anilines is 1. The van der Waals surface area contributed by atoms with E-state index >= 15 is 0 Å². The highest BCUT2D eigenvalue weighted by Crippen LogP contribution is 2.16. The van der Waals surface area contributed by atoms with Gasteiger partial charge in [-0.2, -0.15) is 5.26 Å². The molecule has 0 bridgehead atoms. The van der Waals surface area contributed by atoms with Crippen LogP contribution in [0, 0.1) is 17.2 Å². The maximum Gasteiger partial charge on any atom is 0.223 e. The van der Waals surface area contributed by atoms with Gasteiger partial charge in [-0.3, -0.25) is 9.59 Å². The van der Waals surface area contributed by atoms with Crippen LogP contribution >= 0.6 is 0 Å². The minimum atomic E-state index is -0.151. The molecule has 0 radical (unpaired) electrons. The Kier molecular flexibility index (Phi) is 6.41. The van der Waals surface area contributed by atoms with E-state index in [1.165, 1.54) is 11.8 Å². The van der Waals surface area contributed by atoms with Crippen LogP contribution in [0.5, 0.6) is 0 Å². The molecule has 5 nitrogen and oxygen atoms in total. The lowest BCUT2D eigenvalue weighted by Crippen LogP contribution is -2.34. The van der Waals surface area contributed by atoms with Crippen molar-refractivity contribution in [1.29, 1.82) is 5.26 Å². The summed E-state index contributed by atoms with van der Waals surface area (Å²) in [6.07, 6.45) is 0.239. The Balaban J connectivity index is 2.68. The molecule has 2 amide bonds. The maximum absolute atomic E-state index is 11.7. The summed E-state index contributed by atoms with van der Waals surface area (Å²) in [5, 5.41) is 11.7. The largest absolute Gasteiger partial charge is 0.356 e. The van der Waals surface area contributed by atoms with E-state index in [1.807, 2.05) is 19.9 Å². The van der Waals surface area contributed by atoms with Gasteiger partial charge in [0, 0.05) is 32.1 Å². The summed E-state index contributed by atoms with van der Waals surface area (Å²) in [7, 11) is 0. The SMILES string of the molecule is CC(=O)N(CCC(=O)NCC(C)C)c1cccc(C#N)c1. The van der Waals surface area contributed by atoms with Gasteiger partial charge in [0.25, 0.3) is 0 Å². The van der Waals surface area contributed by atoms with E-state index in [0.29, 0.717) is 30.3 Å². The number of carbonyl (C=O) groups excluding carboxylic acids is 2. The summed E-state index contributed by atoms with van der Waals surface area (Å²) in [6, 6.07) is 8.85. The first kappa shape index (κ1) is 16.7. The van der Waals surface area contributed by atoms with E-state index in [2.05, 4.69) is 5.32 Å². The molecule has 0 saturated heterocycles. The quantitative estimate of drug-likeness (QED) is 0.870. The zero-order chi connectivity index (χ0) is 15.8. The molecule has 0 aromatic heterocycles. The zero-order valence-electron chi connectivity index (χ0n) is 12.7. The number of nitrogens with zero attached hydrogens (tertiary/aromatic N) is 2. The molecule has 0 aliphatic carbocycles. The van der Waals surface area contributed by atoms with Gasteiger partial charge >= 0.3 is 0 Å². The fourth-order valence-electron chi connectivity index (χ4n) is 1.83. The summed E-state index contributed by atoms with van der Waals surface area (Å²) in [6.45, 7) is 6.42. The van der Waals surface area contributed by atoms with Gasteiger partial charge in [-0.05, 0) is 24.1 Å². The highest BCUT2D eigenvalue weighted by atomic mass is 16.2. The molecule has 0 unspecified atom stereocenters. The first-order valence-corrected chi connectivity index (χ1v) is 6.99. The molecule has 0 atom stereocenters. The van der Waals surface area contributed by atoms with E-state index in [0.717, 1.165) is 0 Å². The molecule has 0 fully saturated rings. The Labute approximate surface area is 125 Å². The van der Waals surface area contributed by atoms with Gasteiger partial charge < -0.3 is 10.2 Å². The molecule has 112 valence electrons. The molecule has 0 saturated carbocycles. The number of hydrogen-bond acceptors (Lipinski definition) is 3. The van der Waals surface area contributed by atoms with Crippen LogP contribution in [0.15, 0.2) is 24.3 Å². The monoisotopic (exact) mass is 287 g/mol. The summed E-state index contributed by atoms with van der Waals surface area (Å²) in [5.74, 6) is 0.165. The van der Waals surface area contributed by atoms with Crippen molar-refractivity contribution in [3.63, 3.8) is 0 Å². The molecule has 1 N–H and O–H groups in total. The third-order valence-corrected chi connectivity index (χ3v) is 2.94. The summed E-state index contributed by atoms with van der Waals surface area (Å²) < 4.78 is 0. The van der Waals surface area contributed by atoms with E-state index in [-0.39, 0.29) is 18.2 Å². The Morgan fingerprint density at radius 2 is 2.10 bits per heavy atom. The van der Waals surface area contributed by atoms with Crippen LogP contribution < -0.4 is 10.2 Å². The zero-order valence-corrected chi connectivity index (χ0v) is 12.7. The van der Waals surface area contributed by atoms with Gasteiger partial charge in [0.05, 0.1) is 11.6 Å². The van der Waals surface area contributed by atoms with Gasteiger partial charge in [0.1, 0.15) is 0 Å². The Morgan fingerprint density at radius 3 is 2.67 bits per heavy atom. The molecular formula is C16H21N3O2. The van der Waals surface area contributed by atoms with Crippen molar-refractivity contribution in [2.75, 3.05) is 18.0 Å². The fraction of sp³-hybridized carbons (Fsp3) is 0.438. The van der Waals surface area contributed by atoms with Gasteiger partial charge in [0.15, 0.2) is 0 Å². The summed E-state index contributed by atoms with van der Waals surface area (Å²) >= 11 is 0. The molecular weight excluding hydrogens is 266 g/mol. The normalized spacial score (nSPS) is 10.0. The fourth-order valence-corrected chi connectivity index (χ4v) is 1.83. The Hall–Kier alpha value is -2.35. The van der Waals surface area contributed by atoms with Crippen LogP contribution in [0.25, 0.3) is 0 Å².